The van der Waals surface area contributed by atoms with Gasteiger partial charge < -0.3 is 24.0 Å². The van der Waals surface area contributed by atoms with Crippen LogP contribution in [0.25, 0.3) is 0 Å². The lowest BCUT2D eigenvalue weighted by Crippen LogP contribution is -2.38. The van der Waals surface area contributed by atoms with E-state index in [1.807, 2.05) is 0 Å². The zero-order valence-electron chi connectivity index (χ0n) is 29.2. The first-order valence-electron chi connectivity index (χ1n) is 18.1. The summed E-state index contributed by atoms with van der Waals surface area (Å²) in [6, 6.07) is 13.7. The standard InChI is InChI=1S/C38H48N4O9/c43-33(15-3-1-9-17-41-35(45)29-11-5-6-12-30(29)36(41)46)39-19-23-49-24-20-40(22-26-51-28-27-50-25-21-39)34(44)16-4-2-10-18-42-37(47)31-13-7-8-14-32(31)38(42)48/h5-8,11-14H,1-4,9-10,15-28H2. The SMILES string of the molecule is O=C(CCCCCN1C(=O)c2ccccc2C1=O)N1CCOCCOCCN(C(=O)CCCCCN2C(=O)c3ccccc3C2=O)CCOCC1. The van der Waals surface area contributed by atoms with Gasteiger partial charge in [-0.25, -0.2) is 0 Å². The lowest BCUT2D eigenvalue weighted by molar-refractivity contribution is -0.133. The molecule has 0 bridgehead atoms. The Balaban J connectivity index is 0.982. The van der Waals surface area contributed by atoms with Crippen LogP contribution in [0.4, 0.5) is 0 Å². The summed E-state index contributed by atoms with van der Waals surface area (Å²) in [5, 5.41) is 0. The lowest BCUT2D eigenvalue weighted by atomic mass is 10.1. The van der Waals surface area contributed by atoms with Crippen molar-refractivity contribution >= 4 is 35.4 Å². The molecular formula is C38H48N4O9. The molecule has 0 radical (unpaired) electrons. The first-order chi connectivity index (χ1) is 24.9. The first-order valence-corrected chi connectivity index (χ1v) is 18.1. The summed E-state index contributed by atoms with van der Waals surface area (Å²) in [6.07, 6.45) is 4.59. The minimum Gasteiger partial charge on any atom is -0.378 e. The zero-order valence-corrected chi connectivity index (χ0v) is 29.2. The van der Waals surface area contributed by atoms with Gasteiger partial charge in [0.05, 0.1) is 61.9 Å². The maximum Gasteiger partial charge on any atom is 0.261 e. The van der Waals surface area contributed by atoms with Gasteiger partial charge in [0, 0.05) is 52.1 Å². The summed E-state index contributed by atoms with van der Waals surface area (Å²) in [6.45, 7) is 4.42. The molecule has 0 aromatic heterocycles. The second kappa shape index (κ2) is 19.2. The van der Waals surface area contributed by atoms with E-state index in [0.717, 1.165) is 0 Å². The zero-order chi connectivity index (χ0) is 36.0. The summed E-state index contributed by atoms with van der Waals surface area (Å²) in [4.78, 5) is 82.5. The van der Waals surface area contributed by atoms with Gasteiger partial charge >= 0.3 is 0 Å². The van der Waals surface area contributed by atoms with Gasteiger partial charge in [0.1, 0.15) is 0 Å². The summed E-state index contributed by atoms with van der Waals surface area (Å²) < 4.78 is 17.3. The van der Waals surface area contributed by atoms with Crippen molar-refractivity contribution in [3.8, 4) is 0 Å². The fraction of sp³-hybridized carbons (Fsp3) is 0.526. The van der Waals surface area contributed by atoms with Gasteiger partial charge in [0.2, 0.25) is 11.8 Å². The Hall–Kier alpha value is -4.46. The minimum atomic E-state index is -0.263. The third-order valence-corrected chi connectivity index (χ3v) is 9.40. The normalized spacial score (nSPS) is 17.7. The summed E-state index contributed by atoms with van der Waals surface area (Å²) in [7, 11) is 0. The Morgan fingerprint density at radius 2 is 0.765 bits per heavy atom. The Morgan fingerprint density at radius 1 is 0.451 bits per heavy atom. The van der Waals surface area contributed by atoms with Crippen molar-refractivity contribution < 1.29 is 43.0 Å². The third-order valence-electron chi connectivity index (χ3n) is 9.40. The molecule has 0 aliphatic carbocycles. The van der Waals surface area contributed by atoms with Gasteiger partial charge in [-0.3, -0.25) is 38.6 Å². The molecule has 0 spiro atoms. The predicted molar refractivity (Wildman–Crippen MR) is 186 cm³/mol. The molecule has 0 atom stereocenters. The van der Waals surface area contributed by atoms with Crippen molar-refractivity contribution in [2.24, 2.45) is 0 Å². The summed E-state index contributed by atoms with van der Waals surface area (Å²) in [5.41, 5.74) is 1.77. The van der Waals surface area contributed by atoms with Crippen LogP contribution in [0.2, 0.25) is 0 Å². The first kappa shape index (κ1) is 37.8. The van der Waals surface area contributed by atoms with E-state index in [9.17, 15) is 28.8 Å². The average molecular weight is 705 g/mol. The molecule has 6 amide bonds. The largest absolute Gasteiger partial charge is 0.378 e. The van der Waals surface area contributed by atoms with Crippen LogP contribution in [-0.2, 0) is 23.8 Å². The Kier molecular flexibility index (Phi) is 14.2. The number of carbonyl (C=O) groups is 6. The molecule has 0 saturated carbocycles. The number of nitrogens with zero attached hydrogens (tertiary/aromatic N) is 4. The monoisotopic (exact) mass is 704 g/mol. The van der Waals surface area contributed by atoms with Crippen LogP contribution in [0.15, 0.2) is 48.5 Å². The van der Waals surface area contributed by atoms with Gasteiger partial charge in [0.15, 0.2) is 0 Å². The fourth-order valence-corrected chi connectivity index (χ4v) is 6.49. The molecule has 1 saturated heterocycles. The van der Waals surface area contributed by atoms with Gasteiger partial charge in [-0.15, -0.1) is 0 Å². The van der Waals surface area contributed by atoms with Crippen LogP contribution in [-0.4, -0.2) is 134 Å². The van der Waals surface area contributed by atoms with E-state index in [1.54, 1.807) is 58.3 Å². The molecule has 3 heterocycles. The van der Waals surface area contributed by atoms with Crippen molar-refractivity contribution in [2.45, 2.75) is 51.4 Å². The second-order valence-electron chi connectivity index (χ2n) is 12.8. The molecule has 0 unspecified atom stereocenters. The van der Waals surface area contributed by atoms with Crippen molar-refractivity contribution in [3.63, 3.8) is 0 Å². The quantitative estimate of drug-likeness (QED) is 0.240. The Labute approximate surface area is 298 Å². The third kappa shape index (κ3) is 10.1. The van der Waals surface area contributed by atoms with Gasteiger partial charge in [0.25, 0.3) is 23.6 Å². The van der Waals surface area contributed by atoms with Crippen LogP contribution in [0.5, 0.6) is 0 Å². The number of rotatable bonds is 12. The molecule has 2 aromatic rings. The molecule has 3 aliphatic rings. The maximum atomic E-state index is 13.1. The lowest BCUT2D eigenvalue weighted by Gasteiger charge is -2.24. The predicted octanol–water partition coefficient (Wildman–Crippen LogP) is 3.42. The van der Waals surface area contributed by atoms with Crippen LogP contribution in [0, 0.1) is 0 Å². The Bertz CT molecular complexity index is 1380. The van der Waals surface area contributed by atoms with E-state index in [2.05, 4.69) is 0 Å². The van der Waals surface area contributed by atoms with Crippen molar-refractivity contribution in [1.82, 2.24) is 19.6 Å². The molecule has 13 nitrogen and oxygen atoms in total. The number of benzene rings is 2. The highest BCUT2D eigenvalue weighted by Crippen LogP contribution is 2.24. The number of hydrogen-bond donors (Lipinski definition) is 0. The Morgan fingerprint density at radius 3 is 1.10 bits per heavy atom. The highest BCUT2D eigenvalue weighted by atomic mass is 16.5. The second-order valence-corrected chi connectivity index (χ2v) is 12.8. The van der Waals surface area contributed by atoms with Gasteiger partial charge in [-0.1, -0.05) is 37.1 Å². The van der Waals surface area contributed by atoms with Crippen LogP contribution in [0.1, 0.15) is 92.8 Å². The number of carbonyl (C=O) groups excluding carboxylic acids is 6. The van der Waals surface area contributed by atoms with Crippen LogP contribution >= 0.6 is 0 Å². The number of unbranched alkanes of at least 4 members (excludes halogenated alkanes) is 4. The topological polar surface area (TPSA) is 143 Å². The number of ether oxygens (including phenoxy) is 3. The molecule has 13 heteroatoms. The van der Waals surface area contributed by atoms with Crippen LogP contribution < -0.4 is 0 Å². The van der Waals surface area contributed by atoms with Gasteiger partial charge in [-0.2, -0.15) is 0 Å². The fourth-order valence-electron chi connectivity index (χ4n) is 6.49. The minimum absolute atomic E-state index is 0.0108. The highest BCUT2D eigenvalue weighted by molar-refractivity contribution is 6.22. The number of imide groups is 2. The van der Waals surface area contributed by atoms with E-state index in [4.69, 9.17) is 14.2 Å². The van der Waals surface area contributed by atoms with E-state index in [-0.39, 0.29) is 35.4 Å². The van der Waals surface area contributed by atoms with Gasteiger partial charge in [-0.05, 0) is 49.9 Å². The number of hydrogen-bond acceptors (Lipinski definition) is 9. The van der Waals surface area contributed by atoms with Crippen molar-refractivity contribution in [2.75, 3.05) is 78.9 Å². The van der Waals surface area contributed by atoms with E-state index in [0.29, 0.717) is 153 Å². The van der Waals surface area contributed by atoms with Crippen molar-refractivity contribution in [3.05, 3.63) is 70.8 Å². The molecule has 5 rings (SSSR count). The molecule has 3 aliphatic heterocycles. The molecule has 2 aromatic carbocycles. The van der Waals surface area contributed by atoms with Crippen molar-refractivity contribution in [1.29, 1.82) is 0 Å². The highest BCUT2D eigenvalue weighted by Gasteiger charge is 2.35. The summed E-state index contributed by atoms with van der Waals surface area (Å²) in [5.74, 6) is -1.07. The van der Waals surface area contributed by atoms with E-state index in [1.165, 1.54) is 9.80 Å². The molecule has 274 valence electrons. The average Bonchev–Trinajstić information content (AvgIpc) is 3.52. The molecule has 1 fully saturated rings. The van der Waals surface area contributed by atoms with E-state index < -0.39 is 0 Å². The smallest absolute Gasteiger partial charge is 0.261 e. The molecule has 51 heavy (non-hydrogen) atoms. The van der Waals surface area contributed by atoms with E-state index >= 15 is 0 Å². The number of fused-ring (bicyclic) bond motifs is 2. The summed E-state index contributed by atoms with van der Waals surface area (Å²) >= 11 is 0. The van der Waals surface area contributed by atoms with Crippen LogP contribution in [0.3, 0.4) is 0 Å². The molecule has 0 N–H and O–H groups in total. The molecular weight excluding hydrogens is 656 g/mol. The maximum absolute atomic E-state index is 13.1. The number of amides is 6.